The summed E-state index contributed by atoms with van der Waals surface area (Å²) in [6.07, 6.45) is 2.74. The first kappa shape index (κ1) is 18.9. The van der Waals surface area contributed by atoms with E-state index in [2.05, 4.69) is 55.4 Å². The Balaban J connectivity index is 5.67. The van der Waals surface area contributed by atoms with Gasteiger partial charge in [-0.05, 0) is 23.7 Å². The van der Waals surface area contributed by atoms with Gasteiger partial charge in [-0.2, -0.15) is 0 Å². The van der Waals surface area contributed by atoms with Crippen LogP contribution in [0.25, 0.3) is 0 Å². The van der Waals surface area contributed by atoms with E-state index in [1.807, 2.05) is 0 Å². The van der Waals surface area contributed by atoms with Crippen LogP contribution in [0.1, 0.15) is 81.1 Å². The largest absolute Gasteiger partial charge is 0.392 e. The fourth-order valence-electron chi connectivity index (χ4n) is 3.48. The summed E-state index contributed by atoms with van der Waals surface area (Å²) in [4.78, 5) is 0. The minimum Gasteiger partial charge on any atom is -0.392 e. The lowest BCUT2D eigenvalue weighted by atomic mass is 9.58. The van der Waals surface area contributed by atoms with Gasteiger partial charge in [-0.3, -0.25) is 0 Å². The van der Waals surface area contributed by atoms with Crippen LogP contribution in [0.3, 0.4) is 0 Å². The van der Waals surface area contributed by atoms with Crippen LogP contribution in [0.15, 0.2) is 0 Å². The van der Waals surface area contributed by atoms with Crippen molar-refractivity contribution in [2.45, 2.75) is 93.3 Å². The van der Waals surface area contributed by atoms with Crippen LogP contribution in [-0.2, 0) is 0 Å². The molecular weight excluding hydrogens is 236 g/mol. The maximum absolute atomic E-state index is 10.9. The van der Waals surface area contributed by atoms with E-state index in [4.69, 9.17) is 0 Å². The predicted octanol–water partition coefficient (Wildman–Crippen LogP) is 4.39. The fraction of sp³-hybridized carbons (Fsp3) is 1.00. The van der Waals surface area contributed by atoms with Crippen LogP contribution < -0.4 is 0 Å². The van der Waals surface area contributed by atoms with E-state index in [9.17, 15) is 10.2 Å². The van der Waals surface area contributed by atoms with E-state index < -0.39 is 17.6 Å². The lowest BCUT2D eigenvalue weighted by Gasteiger charge is -2.51. The van der Waals surface area contributed by atoms with Crippen molar-refractivity contribution in [3.8, 4) is 0 Å². The average molecular weight is 272 g/mol. The smallest absolute Gasteiger partial charge is 0.0669 e. The fourth-order valence-corrected chi connectivity index (χ4v) is 3.48. The third kappa shape index (κ3) is 4.46. The van der Waals surface area contributed by atoms with Crippen molar-refractivity contribution >= 4 is 0 Å². The molecule has 0 aromatic rings. The zero-order chi connectivity index (χ0) is 15.5. The zero-order valence-corrected chi connectivity index (χ0v) is 14.4. The van der Waals surface area contributed by atoms with Crippen LogP contribution in [-0.4, -0.2) is 22.4 Å². The summed E-state index contributed by atoms with van der Waals surface area (Å²) in [5.41, 5.74) is -0.826. The summed E-state index contributed by atoms with van der Waals surface area (Å²) in [6, 6.07) is 0. The van der Waals surface area contributed by atoms with Gasteiger partial charge in [-0.15, -0.1) is 0 Å². The van der Waals surface area contributed by atoms with Crippen molar-refractivity contribution in [1.82, 2.24) is 0 Å². The van der Waals surface area contributed by atoms with Gasteiger partial charge in [0.25, 0.3) is 0 Å². The third-order valence-electron chi connectivity index (χ3n) is 4.16. The molecule has 0 aromatic carbocycles. The van der Waals surface area contributed by atoms with Crippen molar-refractivity contribution < 1.29 is 10.2 Å². The number of aliphatic hydroxyl groups excluding tert-OH is 2. The molecule has 2 heteroatoms. The molecule has 2 unspecified atom stereocenters. The van der Waals surface area contributed by atoms with Crippen LogP contribution in [0.5, 0.6) is 0 Å². The average Bonchev–Trinajstić information content (AvgIpc) is 2.24. The van der Waals surface area contributed by atoms with Gasteiger partial charge in [0.1, 0.15) is 0 Å². The van der Waals surface area contributed by atoms with E-state index in [-0.39, 0.29) is 10.8 Å². The van der Waals surface area contributed by atoms with E-state index in [0.29, 0.717) is 0 Å². The molecule has 2 atom stereocenters. The summed E-state index contributed by atoms with van der Waals surface area (Å²) >= 11 is 0. The van der Waals surface area contributed by atoms with Crippen molar-refractivity contribution in [3.63, 3.8) is 0 Å². The Morgan fingerprint density at radius 1 is 0.684 bits per heavy atom. The highest BCUT2D eigenvalue weighted by molar-refractivity contribution is 5.00. The molecule has 0 fully saturated rings. The molecular formula is C17H36O2. The Hall–Kier alpha value is -0.0800. The molecule has 2 N–H and O–H groups in total. The van der Waals surface area contributed by atoms with E-state index in [1.54, 1.807) is 0 Å². The first-order chi connectivity index (χ1) is 8.43. The maximum atomic E-state index is 10.9. The van der Waals surface area contributed by atoms with Gasteiger partial charge < -0.3 is 10.2 Å². The van der Waals surface area contributed by atoms with Gasteiger partial charge in [0.05, 0.1) is 12.2 Å². The molecule has 0 spiro atoms. The van der Waals surface area contributed by atoms with Crippen LogP contribution in [0.2, 0.25) is 0 Å². The molecule has 0 saturated carbocycles. The molecule has 2 nitrogen and oxygen atoms in total. The highest BCUT2D eigenvalue weighted by Crippen LogP contribution is 2.48. The first-order valence-electron chi connectivity index (χ1n) is 7.79. The standard InChI is InChI=1S/C17H36O2/c1-9-11-17(12-10-2,13(18)15(3,4)5)14(19)16(6,7)8/h13-14,18-19H,9-12H2,1-8H3. The number of hydrogen-bond donors (Lipinski definition) is 2. The van der Waals surface area contributed by atoms with Crippen LogP contribution in [0.4, 0.5) is 0 Å². The van der Waals surface area contributed by atoms with Crippen molar-refractivity contribution in [1.29, 1.82) is 0 Å². The molecule has 0 aliphatic heterocycles. The highest BCUT2D eigenvalue weighted by Gasteiger charge is 2.50. The van der Waals surface area contributed by atoms with Gasteiger partial charge in [0, 0.05) is 5.41 Å². The molecule has 0 aliphatic carbocycles. The lowest BCUT2D eigenvalue weighted by Crippen LogP contribution is -2.55. The second kappa shape index (κ2) is 6.58. The maximum Gasteiger partial charge on any atom is 0.0669 e. The second-order valence-corrected chi connectivity index (χ2v) is 8.27. The van der Waals surface area contributed by atoms with Gasteiger partial charge in [0.15, 0.2) is 0 Å². The molecule has 0 bridgehead atoms. The summed E-state index contributed by atoms with van der Waals surface area (Å²) in [5, 5.41) is 21.9. The minimum absolute atomic E-state index is 0.212. The summed E-state index contributed by atoms with van der Waals surface area (Å²) in [5.74, 6) is 0. The number of rotatable bonds is 6. The minimum atomic E-state index is -0.492. The molecule has 0 rings (SSSR count). The van der Waals surface area contributed by atoms with Gasteiger partial charge >= 0.3 is 0 Å². The Morgan fingerprint density at radius 2 is 0.947 bits per heavy atom. The molecule has 0 amide bonds. The molecule has 0 saturated heterocycles. The van der Waals surface area contributed by atoms with Crippen LogP contribution in [0, 0.1) is 16.2 Å². The molecule has 0 radical (unpaired) electrons. The van der Waals surface area contributed by atoms with E-state index >= 15 is 0 Å². The highest BCUT2D eigenvalue weighted by atomic mass is 16.3. The topological polar surface area (TPSA) is 40.5 Å². The number of aliphatic hydroxyl groups is 2. The second-order valence-electron chi connectivity index (χ2n) is 8.27. The van der Waals surface area contributed by atoms with Gasteiger partial charge in [-0.1, -0.05) is 68.2 Å². The molecule has 0 heterocycles. The SMILES string of the molecule is CCCC(CCC)(C(O)C(C)(C)C)C(O)C(C)(C)C. The van der Waals surface area contributed by atoms with E-state index in [1.165, 1.54) is 0 Å². The zero-order valence-electron chi connectivity index (χ0n) is 14.4. The monoisotopic (exact) mass is 272 g/mol. The van der Waals surface area contributed by atoms with E-state index in [0.717, 1.165) is 25.7 Å². The lowest BCUT2D eigenvalue weighted by molar-refractivity contribution is -0.155. The molecule has 116 valence electrons. The first-order valence-corrected chi connectivity index (χ1v) is 7.79. The quantitative estimate of drug-likeness (QED) is 0.753. The Kier molecular flexibility index (Phi) is 6.55. The van der Waals surface area contributed by atoms with Crippen molar-refractivity contribution in [3.05, 3.63) is 0 Å². The normalized spacial score (nSPS) is 17.4. The summed E-state index contributed by atoms with van der Waals surface area (Å²) in [6.45, 7) is 16.6. The van der Waals surface area contributed by atoms with Crippen molar-refractivity contribution in [2.75, 3.05) is 0 Å². The molecule has 0 aromatic heterocycles. The number of hydrogen-bond acceptors (Lipinski definition) is 2. The Morgan fingerprint density at radius 3 is 1.11 bits per heavy atom. The third-order valence-corrected chi connectivity index (χ3v) is 4.16. The Bertz CT molecular complexity index is 229. The summed E-state index contributed by atoms with van der Waals surface area (Å²) < 4.78 is 0. The summed E-state index contributed by atoms with van der Waals surface area (Å²) in [7, 11) is 0. The molecule has 0 aliphatic rings. The van der Waals surface area contributed by atoms with Gasteiger partial charge in [-0.25, -0.2) is 0 Å². The van der Waals surface area contributed by atoms with Crippen molar-refractivity contribution in [2.24, 2.45) is 16.2 Å². The van der Waals surface area contributed by atoms with Crippen LogP contribution >= 0.6 is 0 Å². The van der Waals surface area contributed by atoms with Gasteiger partial charge in [0.2, 0.25) is 0 Å². The Labute approximate surface area is 120 Å². The predicted molar refractivity (Wildman–Crippen MR) is 83.2 cm³/mol. The molecule has 19 heavy (non-hydrogen) atoms.